The molecule has 0 saturated heterocycles. The smallest absolute Gasteiger partial charge is 0.156 e. The third-order valence-electron chi connectivity index (χ3n) is 2.42. The molecule has 0 aliphatic rings. The molecule has 0 spiro atoms. The quantitative estimate of drug-likeness (QED) is 0.535. The number of unbranched alkanes of at least 4 members (excludes halogenated alkanes) is 2. The molecule has 1 rings (SSSR count). The van der Waals surface area contributed by atoms with Crippen LogP contribution in [-0.4, -0.2) is 21.6 Å². The fraction of sp³-hybridized carbons (Fsp3) is 0.462. The predicted octanol–water partition coefficient (Wildman–Crippen LogP) is 4.64. The van der Waals surface area contributed by atoms with Gasteiger partial charge in [-0.25, -0.2) is 0 Å². The van der Waals surface area contributed by atoms with E-state index in [0.717, 1.165) is 19.3 Å². The fourth-order valence-electron chi connectivity index (χ4n) is 1.50. The van der Waals surface area contributed by atoms with Crippen LogP contribution in [-0.2, 0) is 15.5 Å². The van der Waals surface area contributed by atoms with Crippen molar-refractivity contribution >= 4 is 51.3 Å². The van der Waals surface area contributed by atoms with E-state index in [9.17, 15) is 4.21 Å². The van der Waals surface area contributed by atoms with Gasteiger partial charge in [-0.15, -0.1) is 0 Å². The van der Waals surface area contributed by atoms with Crippen LogP contribution in [0.3, 0.4) is 0 Å². The maximum Gasteiger partial charge on any atom is 0.156 e. The maximum atomic E-state index is 12.0. The van der Waals surface area contributed by atoms with E-state index in [2.05, 4.69) is 0 Å². The first kappa shape index (κ1) is 16.9. The summed E-state index contributed by atoms with van der Waals surface area (Å²) in [4.78, 5) is 0.650. The van der Waals surface area contributed by atoms with Crippen LogP contribution in [0.2, 0.25) is 10.0 Å². The van der Waals surface area contributed by atoms with Gasteiger partial charge in [0.25, 0.3) is 0 Å². The Morgan fingerprint density at radius 1 is 1.32 bits per heavy atom. The van der Waals surface area contributed by atoms with Crippen molar-refractivity contribution in [2.75, 3.05) is 12.4 Å². The summed E-state index contributed by atoms with van der Waals surface area (Å²) in [6.07, 6.45) is 2.74. The molecule has 0 aliphatic heterocycles. The van der Waals surface area contributed by atoms with Crippen LogP contribution in [0.4, 0.5) is 0 Å². The summed E-state index contributed by atoms with van der Waals surface area (Å²) in [6.45, 7) is 2.39. The first-order chi connectivity index (χ1) is 9.00. The second-order valence-corrected chi connectivity index (χ2v) is 6.98. The zero-order chi connectivity index (χ0) is 14.3. The Balaban J connectivity index is 2.29. The number of ether oxygens (including phenoxy) is 1. The van der Waals surface area contributed by atoms with Crippen LogP contribution in [0.1, 0.15) is 26.2 Å². The second-order valence-electron chi connectivity index (χ2n) is 4.03. The lowest BCUT2D eigenvalue weighted by Gasteiger charge is -2.06. The van der Waals surface area contributed by atoms with Crippen LogP contribution in [0.5, 0.6) is 0 Å². The Morgan fingerprint density at radius 2 is 2.05 bits per heavy atom. The monoisotopic (exact) mass is 338 g/mol. The highest BCUT2D eigenvalue weighted by atomic mass is 35.5. The molecule has 1 atom stereocenters. The fourth-order valence-corrected chi connectivity index (χ4v) is 3.43. The van der Waals surface area contributed by atoms with E-state index < -0.39 is 10.8 Å². The topological polar surface area (TPSA) is 26.3 Å². The van der Waals surface area contributed by atoms with E-state index in [-0.39, 0.29) is 0 Å². The van der Waals surface area contributed by atoms with Crippen molar-refractivity contribution in [1.82, 2.24) is 0 Å². The highest BCUT2D eigenvalue weighted by Crippen LogP contribution is 2.24. The molecular formula is C13H16Cl2O2S2. The lowest BCUT2D eigenvalue weighted by Crippen LogP contribution is -2.01. The van der Waals surface area contributed by atoms with E-state index in [4.69, 9.17) is 40.2 Å². The van der Waals surface area contributed by atoms with Gasteiger partial charge in [-0.05, 0) is 49.7 Å². The summed E-state index contributed by atoms with van der Waals surface area (Å²) in [5, 5.41) is 1.58. The molecule has 0 amide bonds. The van der Waals surface area contributed by atoms with Crippen molar-refractivity contribution in [3.05, 3.63) is 28.2 Å². The molecule has 1 aromatic rings. The summed E-state index contributed by atoms with van der Waals surface area (Å²) in [5.74, 6) is 0.595. The van der Waals surface area contributed by atoms with Gasteiger partial charge in [-0.3, -0.25) is 4.21 Å². The van der Waals surface area contributed by atoms with Crippen molar-refractivity contribution in [3.8, 4) is 0 Å². The molecule has 0 aliphatic carbocycles. The Bertz CT molecular complexity index is 464. The van der Waals surface area contributed by atoms with E-state index in [1.165, 1.54) is 0 Å². The molecule has 0 aromatic heterocycles. The standard InChI is InChI=1S/C13H16Cl2O2S2/c1-10(18)17-7-3-2-4-8-19(16)13-6-5-11(14)9-12(13)15/h5-6,9H,2-4,7-8H2,1H3/t19-/m0/s1. The number of hydrogen-bond acceptors (Lipinski definition) is 3. The largest absolute Gasteiger partial charge is 0.487 e. The molecule has 0 unspecified atom stereocenters. The number of thiocarbonyl (C=S) groups is 1. The van der Waals surface area contributed by atoms with Crippen molar-refractivity contribution < 1.29 is 8.95 Å². The number of halogens is 2. The van der Waals surface area contributed by atoms with Gasteiger partial charge < -0.3 is 4.74 Å². The third-order valence-corrected chi connectivity index (χ3v) is 4.70. The van der Waals surface area contributed by atoms with E-state index in [0.29, 0.717) is 32.4 Å². The SMILES string of the molecule is CC(=S)OCCCCC[S@](=O)c1ccc(Cl)cc1Cl. The van der Waals surface area contributed by atoms with Crippen molar-refractivity contribution in [2.24, 2.45) is 0 Å². The van der Waals surface area contributed by atoms with Gasteiger partial charge in [-0.1, -0.05) is 23.2 Å². The zero-order valence-electron chi connectivity index (χ0n) is 10.7. The molecule has 0 heterocycles. The van der Waals surface area contributed by atoms with Gasteiger partial charge in [0.15, 0.2) is 5.05 Å². The minimum Gasteiger partial charge on any atom is -0.487 e. The van der Waals surface area contributed by atoms with Crippen molar-refractivity contribution in [3.63, 3.8) is 0 Å². The number of benzene rings is 1. The highest BCUT2D eigenvalue weighted by Gasteiger charge is 2.08. The summed E-state index contributed by atoms with van der Waals surface area (Å²) in [6, 6.07) is 5.04. The first-order valence-corrected chi connectivity index (χ1v) is 8.46. The third kappa shape index (κ3) is 6.70. The lowest BCUT2D eigenvalue weighted by atomic mass is 10.3. The average Bonchev–Trinajstić information content (AvgIpc) is 2.32. The molecule has 6 heteroatoms. The summed E-state index contributed by atoms with van der Waals surface area (Å²) < 4.78 is 17.2. The second kappa shape index (κ2) is 8.90. The van der Waals surface area contributed by atoms with Gasteiger partial charge in [-0.2, -0.15) is 0 Å². The summed E-state index contributed by atoms with van der Waals surface area (Å²) >= 11 is 16.6. The van der Waals surface area contributed by atoms with Crippen LogP contribution >= 0.6 is 35.4 Å². The molecule has 0 saturated carbocycles. The molecule has 106 valence electrons. The van der Waals surface area contributed by atoms with Crippen molar-refractivity contribution in [1.29, 1.82) is 0 Å². The molecule has 0 radical (unpaired) electrons. The van der Waals surface area contributed by atoms with Crippen LogP contribution in [0.25, 0.3) is 0 Å². The van der Waals surface area contributed by atoms with Crippen molar-refractivity contribution in [2.45, 2.75) is 31.1 Å². The Kier molecular flexibility index (Phi) is 7.91. The van der Waals surface area contributed by atoms with Crippen LogP contribution in [0.15, 0.2) is 23.1 Å². The maximum absolute atomic E-state index is 12.0. The van der Waals surface area contributed by atoms with Gasteiger partial charge in [0, 0.05) is 17.7 Å². The molecule has 0 N–H and O–H groups in total. The molecule has 2 nitrogen and oxygen atoms in total. The Labute approximate surface area is 131 Å². The van der Waals surface area contributed by atoms with E-state index >= 15 is 0 Å². The van der Waals surface area contributed by atoms with Gasteiger partial charge in [0.05, 0.1) is 27.3 Å². The molecule has 1 aromatic carbocycles. The first-order valence-electron chi connectivity index (χ1n) is 5.97. The van der Waals surface area contributed by atoms with Crippen LogP contribution in [0, 0.1) is 0 Å². The zero-order valence-corrected chi connectivity index (χ0v) is 13.8. The molecule has 0 bridgehead atoms. The predicted molar refractivity (Wildman–Crippen MR) is 85.8 cm³/mol. The average molecular weight is 339 g/mol. The minimum absolute atomic E-state index is 0.463. The van der Waals surface area contributed by atoms with Crippen LogP contribution < -0.4 is 0 Å². The number of rotatable bonds is 7. The molecule has 0 fully saturated rings. The molecular weight excluding hydrogens is 323 g/mol. The van der Waals surface area contributed by atoms with E-state index in [1.54, 1.807) is 25.1 Å². The van der Waals surface area contributed by atoms with Gasteiger partial charge in [0.2, 0.25) is 0 Å². The highest BCUT2D eigenvalue weighted by molar-refractivity contribution is 7.85. The minimum atomic E-state index is -1.07. The Hall–Kier alpha value is -0.160. The van der Waals surface area contributed by atoms with E-state index in [1.807, 2.05) is 0 Å². The lowest BCUT2D eigenvalue weighted by molar-refractivity contribution is 0.299. The summed E-state index contributed by atoms with van der Waals surface area (Å²) in [7, 11) is -1.07. The Morgan fingerprint density at radius 3 is 2.68 bits per heavy atom. The van der Waals surface area contributed by atoms with Gasteiger partial charge >= 0.3 is 0 Å². The normalized spacial score (nSPS) is 12.2. The molecule has 19 heavy (non-hydrogen) atoms. The number of hydrogen-bond donors (Lipinski definition) is 0. The van der Waals surface area contributed by atoms with Gasteiger partial charge in [0.1, 0.15) is 0 Å². The summed E-state index contributed by atoms with van der Waals surface area (Å²) in [5.41, 5.74) is 0.